The summed E-state index contributed by atoms with van der Waals surface area (Å²) < 4.78 is 6.47. The maximum absolute atomic E-state index is 11.7. The van der Waals surface area contributed by atoms with Crippen LogP contribution in [0.5, 0.6) is 5.75 Å². The third-order valence-electron chi connectivity index (χ3n) is 8.99. The number of aryl methyl sites for hydroxylation is 2. The number of hydrogen-bond donors (Lipinski definition) is 0. The van der Waals surface area contributed by atoms with E-state index in [1.54, 1.807) is 19.1 Å². The molecule has 0 radical (unpaired) electrons. The number of rotatable bonds is 10. The summed E-state index contributed by atoms with van der Waals surface area (Å²) >= 11 is 3.91. The lowest BCUT2D eigenvalue weighted by Gasteiger charge is -2.54. The van der Waals surface area contributed by atoms with Crippen LogP contribution in [0.4, 0.5) is 0 Å². The first-order valence-corrected chi connectivity index (χ1v) is 14.6. The second-order valence-corrected chi connectivity index (χ2v) is 11.9. The number of unbranched alkanes of at least 4 members (excludes halogenated alkanes) is 2. The van der Waals surface area contributed by atoms with Crippen LogP contribution < -0.4 is 4.74 Å². The van der Waals surface area contributed by atoms with Crippen LogP contribution in [-0.2, 0) is 23.1 Å². The molecule has 0 saturated heterocycles. The summed E-state index contributed by atoms with van der Waals surface area (Å²) in [6.07, 6.45) is 15.1. The maximum Gasteiger partial charge on any atom is 0.310 e. The summed E-state index contributed by atoms with van der Waals surface area (Å²) in [5.41, 5.74) is 4.82. The quantitative estimate of drug-likeness (QED) is 0.166. The highest BCUT2D eigenvalue weighted by Gasteiger charge is 2.49. The monoisotopic (exact) mass is 560 g/mol. The number of esters is 1. The Bertz CT molecular complexity index is 1210. The second-order valence-electron chi connectivity index (χ2n) is 11.1. The van der Waals surface area contributed by atoms with Gasteiger partial charge < -0.3 is 4.74 Å². The standard InChI is InChI=1S/C32H37BrN2O2/c1-3-5-6-13-31-14-17-32(18-15-31,19-16-31)27-11-8-23(20-28(27)33)7-9-24-10-12-29(37-30(36)4-2)26(22-35)25(24)21-34/h8,10-12,20H,3-7,9,13-19H2,1-2H3. The van der Waals surface area contributed by atoms with Crippen molar-refractivity contribution in [3.8, 4) is 17.9 Å². The lowest BCUT2D eigenvalue weighted by Crippen LogP contribution is -2.44. The van der Waals surface area contributed by atoms with Gasteiger partial charge in [-0.1, -0.05) is 67.2 Å². The van der Waals surface area contributed by atoms with Crippen molar-refractivity contribution in [3.05, 3.63) is 62.6 Å². The van der Waals surface area contributed by atoms with Crippen molar-refractivity contribution in [2.24, 2.45) is 5.41 Å². The van der Waals surface area contributed by atoms with E-state index in [4.69, 9.17) is 4.74 Å². The molecule has 0 heterocycles. The molecule has 0 aromatic heterocycles. The van der Waals surface area contributed by atoms with E-state index in [9.17, 15) is 15.3 Å². The van der Waals surface area contributed by atoms with Crippen LogP contribution >= 0.6 is 15.9 Å². The number of carbonyl (C=O) groups excluding carboxylic acids is 1. The first kappa shape index (κ1) is 27.4. The molecule has 0 N–H and O–H groups in total. The van der Waals surface area contributed by atoms with E-state index in [0.29, 0.717) is 22.8 Å². The zero-order valence-corrected chi connectivity index (χ0v) is 23.8. The minimum Gasteiger partial charge on any atom is -0.425 e. The predicted molar refractivity (Wildman–Crippen MR) is 149 cm³/mol. The van der Waals surface area contributed by atoms with Crippen molar-refractivity contribution in [2.75, 3.05) is 0 Å². The molecule has 3 aliphatic rings. The fraction of sp³-hybridized carbons (Fsp3) is 0.531. The molecule has 0 aliphatic heterocycles. The summed E-state index contributed by atoms with van der Waals surface area (Å²) in [5, 5.41) is 19.4. The van der Waals surface area contributed by atoms with Crippen LogP contribution in [-0.4, -0.2) is 5.97 Å². The van der Waals surface area contributed by atoms with E-state index < -0.39 is 5.97 Å². The molecule has 0 amide bonds. The van der Waals surface area contributed by atoms with Crippen LogP contribution in [0.15, 0.2) is 34.8 Å². The SMILES string of the molecule is CCCCCC12CCC(c3ccc(CCc4ccc(OC(=O)CC)c(C#N)c4C#N)cc3Br)(CC1)CC2. The van der Waals surface area contributed by atoms with Gasteiger partial charge in [-0.25, -0.2) is 0 Å². The Labute approximate surface area is 230 Å². The van der Waals surface area contributed by atoms with Crippen LogP contribution in [0.2, 0.25) is 0 Å². The number of halogens is 1. The van der Waals surface area contributed by atoms with Gasteiger partial charge in [0, 0.05) is 10.9 Å². The number of nitrogens with zero attached hydrogens (tertiary/aromatic N) is 2. The molecule has 2 bridgehead atoms. The molecule has 5 heteroatoms. The van der Waals surface area contributed by atoms with Gasteiger partial charge in [0.25, 0.3) is 0 Å². The molecule has 2 aromatic rings. The van der Waals surface area contributed by atoms with Gasteiger partial charge >= 0.3 is 5.97 Å². The molecule has 5 rings (SSSR count). The zero-order chi connectivity index (χ0) is 26.5. The number of nitriles is 2. The molecular formula is C32H37BrN2O2. The van der Waals surface area contributed by atoms with Gasteiger partial charge in [0.2, 0.25) is 0 Å². The highest BCUT2D eigenvalue weighted by Crippen LogP contribution is 2.60. The summed E-state index contributed by atoms with van der Waals surface area (Å²) in [6.45, 7) is 3.99. The van der Waals surface area contributed by atoms with Crippen LogP contribution in [0.25, 0.3) is 0 Å². The third kappa shape index (κ3) is 5.78. The van der Waals surface area contributed by atoms with Gasteiger partial charge in [0.05, 0.1) is 5.56 Å². The fourth-order valence-corrected chi connectivity index (χ4v) is 7.42. The summed E-state index contributed by atoms with van der Waals surface area (Å²) in [7, 11) is 0. The van der Waals surface area contributed by atoms with E-state index in [1.807, 2.05) is 0 Å². The number of hydrogen-bond acceptors (Lipinski definition) is 4. The Morgan fingerprint density at radius 1 is 0.946 bits per heavy atom. The lowest BCUT2D eigenvalue weighted by atomic mass is 9.51. The molecule has 0 unspecified atom stereocenters. The molecule has 3 fully saturated rings. The average molecular weight is 562 g/mol. The normalized spacial score (nSPS) is 22.3. The van der Waals surface area contributed by atoms with Gasteiger partial charge in [-0.05, 0) is 97.4 Å². The van der Waals surface area contributed by atoms with Crippen molar-refractivity contribution in [1.29, 1.82) is 10.5 Å². The Kier molecular flexibility index (Phi) is 8.76. The lowest BCUT2D eigenvalue weighted by molar-refractivity contribution is -0.134. The number of carbonyl (C=O) groups is 1. The minimum absolute atomic E-state index is 0.137. The van der Waals surface area contributed by atoms with Crippen molar-refractivity contribution in [2.45, 2.75) is 103 Å². The molecule has 2 aromatic carbocycles. The van der Waals surface area contributed by atoms with Crippen molar-refractivity contribution in [1.82, 2.24) is 0 Å². The molecule has 37 heavy (non-hydrogen) atoms. The number of benzene rings is 2. The summed E-state index contributed by atoms with van der Waals surface area (Å²) in [4.78, 5) is 11.7. The van der Waals surface area contributed by atoms with E-state index in [0.717, 1.165) is 12.0 Å². The number of fused-ring (bicyclic) bond motifs is 3. The summed E-state index contributed by atoms with van der Waals surface area (Å²) in [6, 6.07) is 14.5. The predicted octanol–water partition coefficient (Wildman–Crippen LogP) is 8.47. The first-order chi connectivity index (χ1) is 17.9. The molecule has 3 saturated carbocycles. The average Bonchev–Trinajstić information content (AvgIpc) is 2.93. The molecule has 0 spiro atoms. The van der Waals surface area contributed by atoms with Crippen LogP contribution in [0.3, 0.4) is 0 Å². The van der Waals surface area contributed by atoms with Gasteiger partial charge in [0.1, 0.15) is 23.5 Å². The Balaban J connectivity index is 1.45. The van der Waals surface area contributed by atoms with Crippen molar-refractivity contribution < 1.29 is 9.53 Å². The number of ether oxygens (including phenoxy) is 1. The Morgan fingerprint density at radius 2 is 1.65 bits per heavy atom. The van der Waals surface area contributed by atoms with Gasteiger partial charge in [-0.15, -0.1) is 0 Å². The van der Waals surface area contributed by atoms with Crippen LogP contribution in [0.1, 0.15) is 112 Å². The van der Waals surface area contributed by atoms with E-state index in [2.05, 4.69) is 53.2 Å². The van der Waals surface area contributed by atoms with Crippen LogP contribution in [0, 0.1) is 28.1 Å². The molecule has 0 atom stereocenters. The smallest absolute Gasteiger partial charge is 0.310 e. The largest absolute Gasteiger partial charge is 0.425 e. The van der Waals surface area contributed by atoms with Gasteiger partial charge in [-0.2, -0.15) is 10.5 Å². The topological polar surface area (TPSA) is 73.9 Å². The highest BCUT2D eigenvalue weighted by atomic mass is 79.9. The minimum atomic E-state index is -0.421. The third-order valence-corrected chi connectivity index (χ3v) is 9.65. The van der Waals surface area contributed by atoms with E-state index in [-0.39, 0.29) is 17.7 Å². The zero-order valence-electron chi connectivity index (χ0n) is 22.2. The molecule has 4 nitrogen and oxygen atoms in total. The fourth-order valence-electron chi connectivity index (χ4n) is 6.57. The molecule has 194 valence electrons. The first-order valence-electron chi connectivity index (χ1n) is 13.8. The second kappa shape index (κ2) is 11.8. The Morgan fingerprint density at radius 3 is 2.24 bits per heavy atom. The van der Waals surface area contributed by atoms with Crippen molar-refractivity contribution in [3.63, 3.8) is 0 Å². The molecular weight excluding hydrogens is 524 g/mol. The maximum atomic E-state index is 11.7. The summed E-state index contributed by atoms with van der Waals surface area (Å²) in [5.74, 6) is -0.258. The van der Waals surface area contributed by atoms with E-state index in [1.165, 1.54) is 79.8 Å². The Hall–Kier alpha value is -2.63. The highest BCUT2D eigenvalue weighted by molar-refractivity contribution is 9.10. The van der Waals surface area contributed by atoms with Gasteiger partial charge in [0.15, 0.2) is 0 Å². The molecule has 3 aliphatic carbocycles. The van der Waals surface area contributed by atoms with E-state index >= 15 is 0 Å². The van der Waals surface area contributed by atoms with Gasteiger partial charge in [-0.3, -0.25) is 4.79 Å². The van der Waals surface area contributed by atoms with Crippen molar-refractivity contribution >= 4 is 21.9 Å².